The third-order valence-electron chi connectivity index (χ3n) is 3.01. The highest BCUT2D eigenvalue weighted by Crippen LogP contribution is 2.13. The van der Waals surface area contributed by atoms with E-state index < -0.39 is 10.0 Å². The molecule has 1 heterocycles. The molecule has 102 valence electrons. The van der Waals surface area contributed by atoms with Crippen molar-refractivity contribution in [3.8, 4) is 0 Å². The Bertz CT molecular complexity index is 308. The number of hydrogen-bond donors (Lipinski definition) is 1. The van der Waals surface area contributed by atoms with E-state index in [-0.39, 0.29) is 5.75 Å². The molecule has 0 radical (unpaired) electrons. The third kappa shape index (κ3) is 4.94. The van der Waals surface area contributed by atoms with Crippen LogP contribution in [-0.4, -0.2) is 44.2 Å². The number of nitrogens with zero attached hydrogens (tertiary/aromatic N) is 1. The second-order valence-corrected chi connectivity index (χ2v) is 7.41. The first-order chi connectivity index (χ1) is 7.95. The van der Waals surface area contributed by atoms with Crippen molar-refractivity contribution in [2.45, 2.75) is 46.1 Å². The van der Waals surface area contributed by atoms with Crippen LogP contribution in [0.15, 0.2) is 0 Å². The van der Waals surface area contributed by atoms with Crippen LogP contribution in [0.3, 0.4) is 0 Å². The summed E-state index contributed by atoms with van der Waals surface area (Å²) in [4.78, 5) is 0. The maximum absolute atomic E-state index is 12.2. The minimum atomic E-state index is -3.06. The molecule has 0 aromatic heterocycles. The lowest BCUT2D eigenvalue weighted by atomic mass is 10.2. The summed E-state index contributed by atoms with van der Waals surface area (Å²) in [5.74, 6) is 0.648. The first kappa shape index (κ1) is 14.9. The average Bonchev–Trinajstić information content (AvgIpc) is 2.68. The van der Waals surface area contributed by atoms with Crippen LogP contribution in [-0.2, 0) is 10.0 Å². The molecule has 0 saturated carbocycles. The predicted molar refractivity (Wildman–Crippen MR) is 71.5 cm³/mol. The zero-order chi connectivity index (χ0) is 12.9. The minimum absolute atomic E-state index is 0.270. The molecule has 0 aliphatic carbocycles. The highest BCUT2D eigenvalue weighted by Gasteiger charge is 2.26. The van der Waals surface area contributed by atoms with E-state index in [4.69, 9.17) is 0 Å². The van der Waals surface area contributed by atoms with Gasteiger partial charge in [0.1, 0.15) is 0 Å². The molecule has 1 N–H and O–H groups in total. The van der Waals surface area contributed by atoms with Gasteiger partial charge in [-0.05, 0) is 31.7 Å². The third-order valence-corrected chi connectivity index (χ3v) is 5.02. The van der Waals surface area contributed by atoms with E-state index in [1.165, 1.54) is 0 Å². The molecule has 1 saturated heterocycles. The Balaban J connectivity index is 2.65. The zero-order valence-corrected chi connectivity index (χ0v) is 12.1. The Morgan fingerprint density at radius 3 is 2.59 bits per heavy atom. The summed E-state index contributed by atoms with van der Waals surface area (Å²) in [6, 6.07) is 0.348. The lowest BCUT2D eigenvalue weighted by Crippen LogP contribution is -2.43. The van der Waals surface area contributed by atoms with E-state index in [1.807, 2.05) is 6.92 Å². The van der Waals surface area contributed by atoms with Crippen molar-refractivity contribution in [2.24, 2.45) is 5.92 Å². The summed E-state index contributed by atoms with van der Waals surface area (Å²) in [7, 11) is -3.06. The molecule has 5 heteroatoms. The smallest absolute Gasteiger partial charge is 0.214 e. The number of sulfonamides is 1. The molecule has 1 rings (SSSR count). The second-order valence-electron chi connectivity index (χ2n) is 5.32. The Hall–Kier alpha value is -0.130. The fraction of sp³-hybridized carbons (Fsp3) is 1.00. The Labute approximate surface area is 106 Å². The monoisotopic (exact) mass is 262 g/mol. The van der Waals surface area contributed by atoms with Crippen molar-refractivity contribution in [1.82, 2.24) is 9.62 Å². The van der Waals surface area contributed by atoms with Crippen molar-refractivity contribution in [3.63, 3.8) is 0 Å². The van der Waals surface area contributed by atoms with Gasteiger partial charge in [-0.3, -0.25) is 0 Å². The van der Waals surface area contributed by atoms with Gasteiger partial charge < -0.3 is 5.32 Å². The zero-order valence-electron chi connectivity index (χ0n) is 11.3. The van der Waals surface area contributed by atoms with Gasteiger partial charge >= 0.3 is 0 Å². The van der Waals surface area contributed by atoms with Gasteiger partial charge in [-0.15, -0.1) is 0 Å². The molecule has 1 aliphatic heterocycles. The van der Waals surface area contributed by atoms with E-state index in [0.29, 0.717) is 31.5 Å². The molecule has 4 nitrogen and oxygen atoms in total. The molecule has 1 atom stereocenters. The van der Waals surface area contributed by atoms with Crippen LogP contribution in [0.1, 0.15) is 40.0 Å². The Morgan fingerprint density at radius 2 is 2.12 bits per heavy atom. The summed E-state index contributed by atoms with van der Waals surface area (Å²) >= 11 is 0. The van der Waals surface area contributed by atoms with E-state index in [1.54, 1.807) is 4.31 Å². The molecule has 0 amide bonds. The van der Waals surface area contributed by atoms with Gasteiger partial charge in [0.25, 0.3) is 0 Å². The lowest BCUT2D eigenvalue weighted by molar-refractivity contribution is 0.336. The van der Waals surface area contributed by atoms with Gasteiger partial charge in [0.05, 0.1) is 5.75 Å². The van der Waals surface area contributed by atoms with Crippen LogP contribution >= 0.6 is 0 Å². The van der Waals surface area contributed by atoms with Gasteiger partial charge in [-0.1, -0.05) is 20.8 Å². The summed E-state index contributed by atoms with van der Waals surface area (Å²) < 4.78 is 26.0. The van der Waals surface area contributed by atoms with Crippen molar-refractivity contribution in [1.29, 1.82) is 0 Å². The van der Waals surface area contributed by atoms with Crippen molar-refractivity contribution < 1.29 is 8.42 Å². The minimum Gasteiger partial charge on any atom is -0.313 e. The molecular weight excluding hydrogens is 236 g/mol. The maximum atomic E-state index is 12.2. The van der Waals surface area contributed by atoms with E-state index >= 15 is 0 Å². The van der Waals surface area contributed by atoms with Crippen LogP contribution < -0.4 is 5.32 Å². The van der Waals surface area contributed by atoms with Crippen molar-refractivity contribution >= 4 is 10.0 Å². The Kier molecular flexibility index (Phi) is 5.89. The molecule has 0 bridgehead atoms. The maximum Gasteiger partial charge on any atom is 0.214 e. The van der Waals surface area contributed by atoms with Crippen LogP contribution in [0.5, 0.6) is 0 Å². The molecule has 1 aliphatic rings. The average molecular weight is 262 g/mol. The first-order valence-electron chi connectivity index (χ1n) is 6.67. The summed E-state index contributed by atoms with van der Waals surface area (Å²) in [6.07, 6.45) is 2.94. The quantitative estimate of drug-likeness (QED) is 0.755. The Morgan fingerprint density at radius 1 is 1.41 bits per heavy atom. The molecule has 0 aromatic carbocycles. The summed E-state index contributed by atoms with van der Waals surface area (Å²) in [5, 5.41) is 3.37. The van der Waals surface area contributed by atoms with Gasteiger partial charge in [0.15, 0.2) is 0 Å². The van der Waals surface area contributed by atoms with E-state index in [9.17, 15) is 8.42 Å². The van der Waals surface area contributed by atoms with E-state index in [0.717, 1.165) is 19.4 Å². The number of rotatable bonds is 7. The fourth-order valence-electron chi connectivity index (χ4n) is 2.25. The largest absolute Gasteiger partial charge is 0.313 e. The predicted octanol–water partition coefficient (Wildman–Crippen LogP) is 1.44. The second kappa shape index (κ2) is 6.71. The van der Waals surface area contributed by atoms with E-state index in [2.05, 4.69) is 19.2 Å². The standard InChI is InChI=1S/C12H26N2O2S/c1-4-8-17(15,16)14(9-11(2)3)10-12-6-5-7-13-12/h11-13H,4-10H2,1-3H3. The van der Waals surface area contributed by atoms with Crippen LogP contribution in [0.4, 0.5) is 0 Å². The summed E-state index contributed by atoms with van der Waals surface area (Å²) in [5.41, 5.74) is 0. The molecular formula is C12H26N2O2S. The normalized spacial score (nSPS) is 21.6. The van der Waals surface area contributed by atoms with Crippen LogP contribution in [0.25, 0.3) is 0 Å². The molecule has 1 fully saturated rings. The highest BCUT2D eigenvalue weighted by atomic mass is 32.2. The molecule has 0 aromatic rings. The van der Waals surface area contributed by atoms with Crippen LogP contribution in [0.2, 0.25) is 0 Å². The molecule has 1 unspecified atom stereocenters. The van der Waals surface area contributed by atoms with Crippen molar-refractivity contribution in [2.75, 3.05) is 25.4 Å². The molecule has 0 spiro atoms. The number of hydrogen-bond acceptors (Lipinski definition) is 3. The van der Waals surface area contributed by atoms with Gasteiger partial charge in [-0.25, -0.2) is 12.7 Å². The van der Waals surface area contributed by atoms with Gasteiger partial charge in [0, 0.05) is 19.1 Å². The topological polar surface area (TPSA) is 49.4 Å². The SMILES string of the molecule is CCCS(=O)(=O)N(CC(C)C)CC1CCCN1. The number of nitrogens with one attached hydrogen (secondary N) is 1. The first-order valence-corrected chi connectivity index (χ1v) is 8.27. The summed E-state index contributed by atoms with van der Waals surface area (Å²) in [6.45, 7) is 8.35. The van der Waals surface area contributed by atoms with Crippen molar-refractivity contribution in [3.05, 3.63) is 0 Å². The van der Waals surface area contributed by atoms with Crippen LogP contribution in [0, 0.1) is 5.92 Å². The van der Waals surface area contributed by atoms with Gasteiger partial charge in [-0.2, -0.15) is 0 Å². The molecule has 17 heavy (non-hydrogen) atoms. The van der Waals surface area contributed by atoms with Gasteiger partial charge in [0.2, 0.25) is 10.0 Å². The lowest BCUT2D eigenvalue weighted by Gasteiger charge is -2.26. The highest BCUT2D eigenvalue weighted by molar-refractivity contribution is 7.89. The fourth-order valence-corrected chi connectivity index (χ4v) is 3.96.